The molecule has 1 aliphatic rings. The minimum Gasteiger partial charge on any atom is -0.508 e. The van der Waals surface area contributed by atoms with Gasteiger partial charge in [-0.2, -0.15) is 0 Å². The second kappa shape index (κ2) is 22.2. The molecule has 41 heavy (non-hydrogen) atoms. The molecule has 0 unspecified atom stereocenters. The number of unbranched alkanes of at least 4 members (excludes halogenated alkanes) is 2. The molecule has 0 aliphatic heterocycles. The molecular formula is C33H58O8. The molecule has 0 amide bonds. The molecule has 0 spiro atoms. The molecule has 1 aromatic rings. The lowest BCUT2D eigenvalue weighted by Crippen LogP contribution is -2.26. The summed E-state index contributed by atoms with van der Waals surface area (Å²) in [4.78, 5) is 0. The monoisotopic (exact) mass is 582 g/mol. The normalized spacial score (nSPS) is 19.2. The molecule has 1 aromatic carbocycles. The zero-order chi connectivity index (χ0) is 29.7. The van der Waals surface area contributed by atoms with E-state index in [9.17, 15) is 5.11 Å². The molecule has 238 valence electrons. The maximum absolute atomic E-state index is 11.3. The van der Waals surface area contributed by atoms with Gasteiger partial charge in [0.15, 0.2) is 0 Å². The first-order valence-corrected chi connectivity index (χ1v) is 16.0. The Morgan fingerprint density at radius 2 is 1.34 bits per heavy atom. The van der Waals surface area contributed by atoms with E-state index in [0.717, 1.165) is 36.1 Å². The maximum atomic E-state index is 11.3. The van der Waals surface area contributed by atoms with Crippen LogP contribution in [0.1, 0.15) is 83.3 Å². The predicted molar refractivity (Wildman–Crippen MR) is 162 cm³/mol. The first-order valence-electron chi connectivity index (χ1n) is 16.0. The van der Waals surface area contributed by atoms with Gasteiger partial charge in [-0.05, 0) is 67.1 Å². The van der Waals surface area contributed by atoms with Crippen LogP contribution in [0.25, 0.3) is 0 Å². The van der Waals surface area contributed by atoms with Crippen LogP contribution in [0.2, 0.25) is 0 Å². The van der Waals surface area contributed by atoms with Crippen molar-refractivity contribution in [3.05, 3.63) is 23.3 Å². The predicted octanol–water partition coefficient (Wildman–Crippen LogP) is 5.75. The highest BCUT2D eigenvalue weighted by Crippen LogP contribution is 2.49. The largest absolute Gasteiger partial charge is 0.508 e. The third kappa shape index (κ3) is 14.5. The first-order chi connectivity index (χ1) is 20.0. The van der Waals surface area contributed by atoms with Gasteiger partial charge in [-0.1, -0.05) is 47.0 Å². The second-order valence-electron chi connectivity index (χ2n) is 11.6. The van der Waals surface area contributed by atoms with Gasteiger partial charge in [-0.15, -0.1) is 0 Å². The number of aliphatic hydroxyl groups excluding tert-OH is 1. The van der Waals surface area contributed by atoms with Crippen LogP contribution >= 0.6 is 0 Å². The number of phenols is 1. The lowest BCUT2D eigenvalue weighted by Gasteiger charge is -2.38. The average Bonchev–Trinajstić information content (AvgIpc) is 2.94. The molecule has 1 saturated carbocycles. The van der Waals surface area contributed by atoms with Gasteiger partial charge in [-0.25, -0.2) is 0 Å². The summed E-state index contributed by atoms with van der Waals surface area (Å²) < 4.78 is 33.6. The number of benzene rings is 1. The van der Waals surface area contributed by atoms with Crippen LogP contribution in [0.5, 0.6) is 11.5 Å². The number of rotatable bonds is 24. The fraction of sp³-hybridized carbons (Fsp3) is 0.818. The lowest BCUT2D eigenvalue weighted by molar-refractivity contribution is -0.0147. The van der Waals surface area contributed by atoms with Crippen LogP contribution in [-0.2, 0) is 30.1 Å². The SMILES string of the molecule is CCCCCc1cc(O)c([C@@H]2C[C@@H](C)CC[C@H]2C(C)C)c(OCCOCCOCCOCCOCCOCCO)c1. The molecule has 2 N–H and O–H groups in total. The van der Waals surface area contributed by atoms with E-state index in [-0.39, 0.29) is 6.61 Å². The minimum atomic E-state index is 0.0284. The fourth-order valence-electron chi connectivity index (χ4n) is 5.67. The Balaban J connectivity index is 1.73. The second-order valence-corrected chi connectivity index (χ2v) is 11.6. The van der Waals surface area contributed by atoms with Crippen LogP contribution in [0, 0.1) is 17.8 Å². The van der Waals surface area contributed by atoms with Crippen molar-refractivity contribution < 1.29 is 38.6 Å². The van der Waals surface area contributed by atoms with Gasteiger partial charge in [0.25, 0.3) is 0 Å². The summed E-state index contributed by atoms with van der Waals surface area (Å²) in [6, 6.07) is 4.15. The molecule has 8 nitrogen and oxygen atoms in total. The van der Waals surface area contributed by atoms with E-state index in [1.165, 1.54) is 25.7 Å². The summed E-state index contributed by atoms with van der Waals surface area (Å²) in [5, 5.41) is 19.9. The Bertz CT molecular complexity index is 787. The van der Waals surface area contributed by atoms with Crippen LogP contribution in [0.4, 0.5) is 0 Å². The van der Waals surface area contributed by atoms with Gasteiger partial charge in [0.2, 0.25) is 0 Å². The Morgan fingerprint density at radius 1 is 0.780 bits per heavy atom. The summed E-state index contributed by atoms with van der Waals surface area (Å²) in [7, 11) is 0. The molecule has 0 saturated heterocycles. The Morgan fingerprint density at radius 3 is 1.88 bits per heavy atom. The molecule has 3 atom stereocenters. The Labute approximate surface area is 249 Å². The molecule has 0 aromatic heterocycles. The van der Waals surface area contributed by atoms with Gasteiger partial charge in [0.1, 0.15) is 18.1 Å². The van der Waals surface area contributed by atoms with Gasteiger partial charge in [0, 0.05) is 5.56 Å². The number of aliphatic hydroxyl groups is 1. The fourth-order valence-corrected chi connectivity index (χ4v) is 5.67. The van der Waals surface area contributed by atoms with E-state index in [1.807, 2.05) is 6.07 Å². The minimum absolute atomic E-state index is 0.0284. The number of ether oxygens (including phenoxy) is 6. The standard InChI is InChI=1S/C33H58O8/c1-5-6-7-8-28-24-31(35)33(30-23-27(4)9-10-29(30)26(2)3)32(25-28)41-22-21-40-20-19-39-18-17-38-16-15-37-14-13-36-12-11-34/h24-27,29-30,34-35H,5-23H2,1-4H3/t27-,29-,30+/m0/s1. The summed E-state index contributed by atoms with van der Waals surface area (Å²) in [6.07, 6.45) is 7.98. The highest BCUT2D eigenvalue weighted by Gasteiger charge is 2.35. The number of aryl methyl sites for hydroxylation is 1. The van der Waals surface area contributed by atoms with Crippen molar-refractivity contribution in [2.45, 2.75) is 78.6 Å². The zero-order valence-electron chi connectivity index (χ0n) is 26.2. The number of hydrogen-bond donors (Lipinski definition) is 2. The highest BCUT2D eigenvalue weighted by atomic mass is 16.6. The summed E-state index contributed by atoms with van der Waals surface area (Å²) in [5.74, 6) is 3.30. The topological polar surface area (TPSA) is 95.8 Å². The van der Waals surface area contributed by atoms with Crippen molar-refractivity contribution in [1.29, 1.82) is 0 Å². The molecular weight excluding hydrogens is 524 g/mol. The summed E-state index contributed by atoms with van der Waals surface area (Å²) in [5.41, 5.74) is 2.15. The summed E-state index contributed by atoms with van der Waals surface area (Å²) >= 11 is 0. The highest BCUT2D eigenvalue weighted by molar-refractivity contribution is 5.50. The molecule has 0 heterocycles. The van der Waals surface area contributed by atoms with Crippen molar-refractivity contribution in [3.8, 4) is 11.5 Å². The maximum Gasteiger partial charge on any atom is 0.126 e. The molecule has 8 heteroatoms. The van der Waals surface area contributed by atoms with Crippen LogP contribution in [-0.4, -0.2) is 89.5 Å². The van der Waals surface area contributed by atoms with Gasteiger partial charge >= 0.3 is 0 Å². The smallest absolute Gasteiger partial charge is 0.126 e. The average molecular weight is 583 g/mol. The zero-order valence-corrected chi connectivity index (χ0v) is 26.2. The van der Waals surface area contributed by atoms with Crippen molar-refractivity contribution in [1.82, 2.24) is 0 Å². The third-order valence-electron chi connectivity index (χ3n) is 7.85. The Hall–Kier alpha value is -1.42. The third-order valence-corrected chi connectivity index (χ3v) is 7.85. The van der Waals surface area contributed by atoms with E-state index in [0.29, 0.717) is 102 Å². The molecule has 2 rings (SSSR count). The van der Waals surface area contributed by atoms with Gasteiger partial charge in [0.05, 0.1) is 72.7 Å². The van der Waals surface area contributed by atoms with Gasteiger partial charge < -0.3 is 38.6 Å². The summed E-state index contributed by atoms with van der Waals surface area (Å²) in [6.45, 7) is 14.4. The number of phenolic OH excluding ortho intramolecular Hbond substituents is 1. The van der Waals surface area contributed by atoms with Crippen molar-refractivity contribution in [3.63, 3.8) is 0 Å². The van der Waals surface area contributed by atoms with Crippen LogP contribution in [0.15, 0.2) is 12.1 Å². The van der Waals surface area contributed by atoms with E-state index < -0.39 is 0 Å². The van der Waals surface area contributed by atoms with Gasteiger partial charge in [-0.3, -0.25) is 0 Å². The molecule has 0 bridgehead atoms. The lowest BCUT2D eigenvalue weighted by atomic mass is 9.67. The molecule has 1 fully saturated rings. The molecule has 0 radical (unpaired) electrons. The van der Waals surface area contributed by atoms with E-state index in [1.54, 1.807) is 0 Å². The van der Waals surface area contributed by atoms with Crippen molar-refractivity contribution >= 4 is 0 Å². The van der Waals surface area contributed by atoms with E-state index in [4.69, 9.17) is 33.5 Å². The van der Waals surface area contributed by atoms with E-state index in [2.05, 4.69) is 33.8 Å². The van der Waals surface area contributed by atoms with Crippen molar-refractivity contribution in [2.24, 2.45) is 17.8 Å². The first kappa shape index (κ1) is 35.8. The van der Waals surface area contributed by atoms with Crippen molar-refractivity contribution in [2.75, 3.05) is 79.3 Å². The molecule has 1 aliphatic carbocycles. The van der Waals surface area contributed by atoms with E-state index >= 15 is 0 Å². The van der Waals surface area contributed by atoms with Crippen LogP contribution < -0.4 is 4.74 Å². The number of aromatic hydroxyl groups is 1. The Kier molecular flexibility index (Phi) is 19.3. The van der Waals surface area contributed by atoms with Crippen LogP contribution in [0.3, 0.4) is 0 Å². The number of hydrogen-bond acceptors (Lipinski definition) is 8. The quantitative estimate of drug-likeness (QED) is 0.149.